The highest BCUT2D eigenvalue weighted by Crippen LogP contribution is 2.20. The summed E-state index contributed by atoms with van der Waals surface area (Å²) in [5, 5.41) is 8.39. The van der Waals surface area contributed by atoms with Crippen molar-refractivity contribution >= 4 is 52.6 Å². The van der Waals surface area contributed by atoms with Gasteiger partial charge in [0.1, 0.15) is 0 Å². The number of carbonyl (C=O) groups excluding carboxylic acids is 2. The van der Waals surface area contributed by atoms with Crippen molar-refractivity contribution < 1.29 is 19.3 Å². The van der Waals surface area contributed by atoms with Gasteiger partial charge in [-0.3, -0.25) is 19.3 Å². The highest BCUT2D eigenvalue weighted by atomic mass is 79.9. The molecule has 0 bridgehead atoms. The van der Waals surface area contributed by atoms with Crippen LogP contribution in [0.15, 0.2) is 44.2 Å². The Balaban J connectivity index is 0.00000588. The zero-order chi connectivity index (χ0) is 29.5. The number of nitrogens with one attached hydrogen (secondary N) is 2. The minimum Gasteiger partial charge on any atom is -0.368 e. The Morgan fingerprint density at radius 1 is 0.732 bits per heavy atom. The van der Waals surface area contributed by atoms with Gasteiger partial charge < -0.3 is 33.6 Å². The van der Waals surface area contributed by atoms with E-state index < -0.39 is 11.3 Å². The molecular weight excluding hydrogens is 600 g/mol. The largest absolute Gasteiger partial charge is 0.368 e. The van der Waals surface area contributed by atoms with E-state index in [-0.39, 0.29) is 65.8 Å². The Morgan fingerprint density at radius 3 is 1.39 bits per heavy atom. The quantitative estimate of drug-likeness (QED) is 0.164. The van der Waals surface area contributed by atoms with Crippen LogP contribution in [-0.4, -0.2) is 83.4 Å². The fourth-order valence-electron chi connectivity index (χ4n) is 3.87. The Morgan fingerprint density at radius 2 is 1.07 bits per heavy atom. The van der Waals surface area contributed by atoms with E-state index >= 15 is 0 Å². The molecular formula is C24H39BrN12O4. The van der Waals surface area contributed by atoms with E-state index in [9.17, 15) is 9.59 Å². The van der Waals surface area contributed by atoms with Gasteiger partial charge in [0.15, 0.2) is 11.3 Å². The maximum Gasteiger partial charge on any atom is 0.251 e. The number of amides is 2. The molecule has 16 nitrogen and oxygen atoms in total. The van der Waals surface area contributed by atoms with Crippen molar-refractivity contribution in [3.05, 3.63) is 35.4 Å². The molecule has 0 unspecified atom stereocenters. The lowest BCUT2D eigenvalue weighted by atomic mass is 10.1. The second-order valence-electron chi connectivity index (χ2n) is 9.92. The van der Waals surface area contributed by atoms with Crippen LogP contribution in [0, 0.1) is 0 Å². The van der Waals surface area contributed by atoms with Crippen molar-refractivity contribution in [3.8, 4) is 0 Å². The summed E-state index contributed by atoms with van der Waals surface area (Å²) in [6.07, 6.45) is 1.04. The van der Waals surface area contributed by atoms with Gasteiger partial charge in [-0.15, -0.1) is 17.0 Å². The molecule has 2 amide bonds. The van der Waals surface area contributed by atoms with Crippen molar-refractivity contribution in [2.24, 2.45) is 42.9 Å². The molecule has 226 valence electrons. The topological polar surface area (TPSA) is 237 Å². The average Bonchev–Trinajstić information content (AvgIpc) is 2.85. The molecule has 0 saturated carbocycles. The maximum absolute atomic E-state index is 12.5. The molecule has 0 aliphatic carbocycles. The van der Waals surface area contributed by atoms with Gasteiger partial charge in [0.2, 0.25) is 23.8 Å². The Labute approximate surface area is 249 Å². The van der Waals surface area contributed by atoms with Crippen LogP contribution < -0.4 is 33.6 Å². The minimum absolute atomic E-state index is 0. The Bertz CT molecular complexity index is 1120. The summed E-state index contributed by atoms with van der Waals surface area (Å²) in [5.74, 6) is -0.136. The van der Waals surface area contributed by atoms with E-state index in [0.717, 1.165) is 0 Å². The van der Waals surface area contributed by atoms with Gasteiger partial charge in [-0.25, -0.2) is 9.98 Å². The van der Waals surface area contributed by atoms with Crippen LogP contribution in [0.5, 0.6) is 0 Å². The van der Waals surface area contributed by atoms with Gasteiger partial charge >= 0.3 is 0 Å². The predicted molar refractivity (Wildman–Crippen MR) is 161 cm³/mol. The minimum atomic E-state index is -0.792. The Kier molecular flexibility index (Phi) is 11.4. The smallest absolute Gasteiger partial charge is 0.251 e. The molecule has 10 N–H and O–H groups in total. The average molecular weight is 640 g/mol. The molecule has 2 heterocycles. The zero-order valence-corrected chi connectivity index (χ0v) is 25.3. The molecule has 0 radical (unpaired) electrons. The summed E-state index contributed by atoms with van der Waals surface area (Å²) in [6.45, 7) is 8.45. The molecule has 0 fully saturated rings. The van der Waals surface area contributed by atoms with Gasteiger partial charge in [-0.2, -0.15) is 20.1 Å². The summed E-state index contributed by atoms with van der Waals surface area (Å²) >= 11 is 0. The van der Waals surface area contributed by atoms with Crippen molar-refractivity contribution in [2.75, 3.05) is 26.3 Å². The molecule has 0 atom stereocenters. The first-order chi connectivity index (χ1) is 18.8. The molecule has 17 heteroatoms. The molecule has 1 aromatic carbocycles. The summed E-state index contributed by atoms with van der Waals surface area (Å²) in [6, 6.07) is 6.36. The van der Waals surface area contributed by atoms with E-state index in [2.05, 4.69) is 30.6 Å². The second kappa shape index (κ2) is 14.1. The van der Waals surface area contributed by atoms with Crippen LogP contribution in [0.25, 0.3) is 0 Å². The fourth-order valence-corrected chi connectivity index (χ4v) is 3.87. The first kappa shape index (κ1) is 33.2. The lowest BCUT2D eigenvalue weighted by molar-refractivity contribution is -0.157. The number of nitrogens with two attached hydrogens (primary N) is 4. The number of hydrogen-bond donors (Lipinski definition) is 6. The standard InChI is InChI=1S/C24H38N12O4.BrH/c1-23(2)33-19(25)31-21(27)35(23)39-13-5-11-29-17(37)15-7-9-16(10-8-15)18(38)30-12-6-14-40-36-22(28)32-20(26)34-24(36,3)4;/h7-10H,5-6,11-14H2,1-4H3,(H,29,37)(H,30,38)(H4,25,27,31,33)(H4,26,28,32,34);1H. The third kappa shape index (κ3) is 9.02. The van der Waals surface area contributed by atoms with Crippen molar-refractivity contribution in [3.63, 3.8) is 0 Å². The normalized spacial score (nSPS) is 17.4. The van der Waals surface area contributed by atoms with E-state index in [1.54, 1.807) is 52.0 Å². The summed E-state index contributed by atoms with van der Waals surface area (Å²) in [7, 11) is 0. The lowest BCUT2D eigenvalue weighted by Crippen LogP contribution is -2.53. The van der Waals surface area contributed by atoms with E-state index in [4.69, 9.17) is 32.6 Å². The maximum atomic E-state index is 12.5. The molecule has 2 aliphatic rings. The van der Waals surface area contributed by atoms with Crippen molar-refractivity contribution in [2.45, 2.75) is 51.9 Å². The number of hydrogen-bond acceptors (Lipinski definition) is 14. The number of nitrogens with zero attached hydrogens (tertiary/aromatic N) is 6. The van der Waals surface area contributed by atoms with Crippen LogP contribution in [0.2, 0.25) is 0 Å². The van der Waals surface area contributed by atoms with Crippen molar-refractivity contribution in [1.82, 2.24) is 20.8 Å². The first-order valence-electron chi connectivity index (χ1n) is 12.7. The van der Waals surface area contributed by atoms with Crippen LogP contribution in [-0.2, 0) is 9.68 Å². The molecule has 1 aromatic rings. The van der Waals surface area contributed by atoms with Gasteiger partial charge in [0.05, 0.1) is 13.2 Å². The lowest BCUT2D eigenvalue weighted by Gasteiger charge is -2.36. The number of rotatable bonds is 12. The predicted octanol–water partition coefficient (Wildman–Crippen LogP) is -0.270. The number of guanidine groups is 4. The molecule has 2 aliphatic heterocycles. The summed E-state index contributed by atoms with van der Waals surface area (Å²) < 4.78 is 0. The summed E-state index contributed by atoms with van der Waals surface area (Å²) in [4.78, 5) is 52.4. The van der Waals surface area contributed by atoms with E-state index in [1.807, 2.05) is 0 Å². The van der Waals surface area contributed by atoms with Gasteiger partial charge in [-0.05, 0) is 64.8 Å². The number of aliphatic imine (C=N–C) groups is 4. The molecule has 0 spiro atoms. The van der Waals surface area contributed by atoms with E-state index in [0.29, 0.717) is 37.1 Å². The second-order valence-corrected chi connectivity index (χ2v) is 9.92. The molecule has 0 aromatic heterocycles. The van der Waals surface area contributed by atoms with Crippen LogP contribution in [0.4, 0.5) is 0 Å². The fraction of sp³-hybridized carbons (Fsp3) is 0.500. The third-order valence-electron chi connectivity index (χ3n) is 5.71. The zero-order valence-electron chi connectivity index (χ0n) is 23.6. The SMILES string of the molecule is Br.CC1(C)N=C(N)N=C(N)N1OCCCNC(=O)c1ccc(C(=O)NCCCON2C(N)=NC(N)=NC2(C)C)cc1. The van der Waals surface area contributed by atoms with Gasteiger partial charge in [0, 0.05) is 24.2 Å². The van der Waals surface area contributed by atoms with Crippen LogP contribution in [0.3, 0.4) is 0 Å². The van der Waals surface area contributed by atoms with E-state index in [1.165, 1.54) is 10.1 Å². The van der Waals surface area contributed by atoms with Crippen LogP contribution in [0.1, 0.15) is 61.3 Å². The summed E-state index contributed by atoms with van der Waals surface area (Å²) in [5.41, 5.74) is 22.3. The van der Waals surface area contributed by atoms with Gasteiger partial charge in [0.25, 0.3) is 11.8 Å². The molecule has 41 heavy (non-hydrogen) atoms. The number of hydroxylamine groups is 4. The highest BCUT2D eigenvalue weighted by molar-refractivity contribution is 8.93. The van der Waals surface area contributed by atoms with Crippen LogP contribution >= 0.6 is 17.0 Å². The van der Waals surface area contributed by atoms with Crippen molar-refractivity contribution in [1.29, 1.82) is 0 Å². The molecule has 0 saturated heterocycles. The molecule has 3 rings (SSSR count). The van der Waals surface area contributed by atoms with Gasteiger partial charge in [-0.1, -0.05) is 0 Å². The Hall–Kier alpha value is -3.96. The highest BCUT2D eigenvalue weighted by Gasteiger charge is 2.34. The first-order valence-corrected chi connectivity index (χ1v) is 12.7. The third-order valence-corrected chi connectivity index (χ3v) is 5.71. The number of carbonyl (C=O) groups is 2. The monoisotopic (exact) mass is 638 g/mol. The number of benzene rings is 1. The number of halogens is 1.